The van der Waals surface area contributed by atoms with Crippen molar-refractivity contribution in [3.63, 3.8) is 0 Å². The van der Waals surface area contributed by atoms with Crippen molar-refractivity contribution in [1.29, 1.82) is 0 Å². The van der Waals surface area contributed by atoms with Gasteiger partial charge in [0.2, 0.25) is 10.0 Å². The third-order valence-corrected chi connectivity index (χ3v) is 3.66. The number of nitrogens with two attached hydrogens (primary N) is 1. The molecule has 0 saturated carbocycles. The van der Waals surface area contributed by atoms with Gasteiger partial charge < -0.3 is 9.73 Å². The summed E-state index contributed by atoms with van der Waals surface area (Å²) in [5.74, 6) is 0.862. The van der Waals surface area contributed by atoms with Crippen LogP contribution >= 0.6 is 0 Å². The van der Waals surface area contributed by atoms with E-state index in [-0.39, 0.29) is 10.8 Å². The van der Waals surface area contributed by atoms with Crippen molar-refractivity contribution in [2.75, 3.05) is 5.32 Å². The Kier molecular flexibility index (Phi) is 3.65. The highest BCUT2D eigenvalue weighted by Gasteiger charge is 2.14. The molecule has 0 atom stereocenters. The van der Waals surface area contributed by atoms with Crippen LogP contribution in [0.15, 0.2) is 39.6 Å². The van der Waals surface area contributed by atoms with Gasteiger partial charge >= 0.3 is 0 Å². The van der Waals surface area contributed by atoms with E-state index < -0.39 is 10.0 Å². The molecule has 0 radical (unpaired) electrons. The molecule has 3 N–H and O–H groups in total. The van der Waals surface area contributed by atoms with E-state index in [9.17, 15) is 13.2 Å². The first-order chi connectivity index (χ1) is 9.27. The van der Waals surface area contributed by atoms with Gasteiger partial charge in [-0.2, -0.15) is 0 Å². The van der Waals surface area contributed by atoms with Crippen LogP contribution < -0.4 is 10.5 Å². The second-order valence-corrected chi connectivity index (χ2v) is 5.91. The molecule has 0 unspecified atom stereocenters. The van der Waals surface area contributed by atoms with Crippen LogP contribution in [-0.2, 0) is 10.0 Å². The molecule has 2 aromatic rings. The molecule has 0 fully saturated rings. The van der Waals surface area contributed by atoms with Crippen LogP contribution in [0.1, 0.15) is 21.9 Å². The van der Waals surface area contributed by atoms with E-state index in [4.69, 9.17) is 9.56 Å². The molecule has 1 aromatic heterocycles. The highest BCUT2D eigenvalue weighted by molar-refractivity contribution is 7.89. The lowest BCUT2D eigenvalue weighted by atomic mass is 10.2. The minimum atomic E-state index is -3.73. The topological polar surface area (TPSA) is 102 Å². The number of hydrogen-bond acceptors (Lipinski definition) is 4. The van der Waals surface area contributed by atoms with Crippen molar-refractivity contribution in [3.8, 4) is 0 Å². The first-order valence-electron chi connectivity index (χ1n) is 5.78. The minimum Gasteiger partial charge on any atom is -0.466 e. The fourth-order valence-corrected chi connectivity index (χ4v) is 2.30. The summed E-state index contributed by atoms with van der Waals surface area (Å²) in [4.78, 5) is 12.0. The van der Waals surface area contributed by atoms with Crippen LogP contribution in [0.25, 0.3) is 0 Å². The van der Waals surface area contributed by atoms with Crippen molar-refractivity contribution in [3.05, 3.63) is 47.4 Å². The Morgan fingerprint density at radius 1 is 1.20 bits per heavy atom. The van der Waals surface area contributed by atoms with Crippen molar-refractivity contribution < 1.29 is 17.6 Å². The van der Waals surface area contributed by atoms with Gasteiger partial charge in [0, 0.05) is 5.69 Å². The zero-order valence-electron chi connectivity index (χ0n) is 11.0. The number of furan rings is 1. The number of carbonyl (C=O) groups is 1. The molecular weight excluding hydrogens is 280 g/mol. The lowest BCUT2D eigenvalue weighted by molar-refractivity contribution is 0.102. The zero-order valence-corrected chi connectivity index (χ0v) is 11.8. The molecule has 6 nitrogen and oxygen atoms in total. The molecule has 0 saturated heterocycles. The lowest BCUT2D eigenvalue weighted by Gasteiger charge is -2.05. The monoisotopic (exact) mass is 294 g/mol. The Bertz CT molecular complexity index is 745. The summed E-state index contributed by atoms with van der Waals surface area (Å²) in [7, 11) is -3.73. The quantitative estimate of drug-likeness (QED) is 0.900. The van der Waals surface area contributed by atoms with E-state index in [0.717, 1.165) is 0 Å². The zero-order chi connectivity index (χ0) is 14.9. The molecule has 1 aromatic carbocycles. The average Bonchev–Trinajstić information content (AvgIpc) is 2.68. The average molecular weight is 294 g/mol. The third kappa shape index (κ3) is 3.06. The molecule has 106 valence electrons. The van der Waals surface area contributed by atoms with Crippen molar-refractivity contribution in [1.82, 2.24) is 0 Å². The van der Waals surface area contributed by atoms with Gasteiger partial charge in [-0.3, -0.25) is 4.79 Å². The van der Waals surface area contributed by atoms with Gasteiger partial charge in [-0.15, -0.1) is 0 Å². The molecule has 0 aliphatic heterocycles. The second-order valence-electron chi connectivity index (χ2n) is 4.35. The summed E-state index contributed by atoms with van der Waals surface area (Å²) in [5.41, 5.74) is 0.915. The number of carbonyl (C=O) groups excluding carboxylic acids is 1. The second kappa shape index (κ2) is 5.10. The highest BCUT2D eigenvalue weighted by Crippen LogP contribution is 2.17. The van der Waals surface area contributed by atoms with Crippen LogP contribution in [-0.4, -0.2) is 14.3 Å². The number of amides is 1. The van der Waals surface area contributed by atoms with Gasteiger partial charge in [0.05, 0.1) is 10.5 Å². The van der Waals surface area contributed by atoms with Gasteiger partial charge in [-0.1, -0.05) is 0 Å². The summed E-state index contributed by atoms with van der Waals surface area (Å²) < 4.78 is 27.5. The van der Waals surface area contributed by atoms with Crippen molar-refractivity contribution in [2.24, 2.45) is 5.14 Å². The van der Waals surface area contributed by atoms with Gasteiger partial charge in [-0.05, 0) is 44.2 Å². The number of primary sulfonamides is 1. The summed E-state index contributed by atoms with van der Waals surface area (Å²) in [6.45, 7) is 3.46. The molecule has 1 heterocycles. The first-order valence-corrected chi connectivity index (χ1v) is 7.33. The number of aryl methyl sites for hydroxylation is 2. The molecule has 7 heteroatoms. The maximum absolute atomic E-state index is 12.0. The number of sulfonamides is 1. The predicted octanol–water partition coefficient (Wildman–Crippen LogP) is 1.80. The largest absolute Gasteiger partial charge is 0.466 e. The smallest absolute Gasteiger partial charge is 0.259 e. The van der Waals surface area contributed by atoms with Gasteiger partial charge in [0.25, 0.3) is 5.91 Å². The van der Waals surface area contributed by atoms with E-state index in [1.165, 1.54) is 24.3 Å². The summed E-state index contributed by atoms with van der Waals surface area (Å²) in [6, 6.07) is 7.25. The Balaban J connectivity index is 2.18. The fourth-order valence-electron chi connectivity index (χ4n) is 1.78. The molecule has 0 bridgehead atoms. The Hall–Kier alpha value is -2.12. The first kappa shape index (κ1) is 14.3. The van der Waals surface area contributed by atoms with E-state index in [1.807, 2.05) is 0 Å². The Labute approximate surface area is 116 Å². The minimum absolute atomic E-state index is 0.00849. The maximum atomic E-state index is 12.0. The summed E-state index contributed by atoms with van der Waals surface area (Å²) in [6.07, 6.45) is 0. The van der Waals surface area contributed by atoms with Gasteiger partial charge in [0.1, 0.15) is 11.5 Å². The van der Waals surface area contributed by atoms with Crippen molar-refractivity contribution >= 4 is 21.6 Å². The van der Waals surface area contributed by atoms with Crippen LogP contribution in [0.2, 0.25) is 0 Å². The number of nitrogens with one attached hydrogen (secondary N) is 1. The van der Waals surface area contributed by atoms with Gasteiger partial charge in [0.15, 0.2) is 0 Å². The number of rotatable bonds is 3. The molecular formula is C13H14N2O4S. The Morgan fingerprint density at radius 3 is 2.25 bits per heavy atom. The maximum Gasteiger partial charge on any atom is 0.259 e. The number of hydrogen-bond donors (Lipinski definition) is 2. The van der Waals surface area contributed by atoms with Gasteiger partial charge in [-0.25, -0.2) is 13.6 Å². The normalized spacial score (nSPS) is 11.3. The predicted molar refractivity (Wildman–Crippen MR) is 74.0 cm³/mol. The lowest BCUT2D eigenvalue weighted by Crippen LogP contribution is -2.14. The number of benzene rings is 1. The van der Waals surface area contributed by atoms with Crippen LogP contribution in [0.3, 0.4) is 0 Å². The molecule has 1 amide bonds. The van der Waals surface area contributed by atoms with E-state index in [0.29, 0.717) is 22.8 Å². The molecule has 0 aliphatic rings. The molecule has 2 rings (SSSR count). The van der Waals surface area contributed by atoms with Crippen LogP contribution in [0, 0.1) is 13.8 Å². The number of anilines is 1. The van der Waals surface area contributed by atoms with Crippen LogP contribution in [0.4, 0.5) is 5.69 Å². The van der Waals surface area contributed by atoms with E-state index in [1.54, 1.807) is 19.9 Å². The molecule has 0 aliphatic carbocycles. The van der Waals surface area contributed by atoms with Crippen LogP contribution in [0.5, 0.6) is 0 Å². The molecule has 0 spiro atoms. The van der Waals surface area contributed by atoms with Crippen molar-refractivity contribution in [2.45, 2.75) is 18.7 Å². The third-order valence-electron chi connectivity index (χ3n) is 2.73. The van der Waals surface area contributed by atoms with E-state index in [2.05, 4.69) is 5.32 Å². The highest BCUT2D eigenvalue weighted by atomic mass is 32.2. The fraction of sp³-hybridized carbons (Fsp3) is 0.154. The molecule has 20 heavy (non-hydrogen) atoms. The summed E-state index contributed by atoms with van der Waals surface area (Å²) >= 11 is 0. The Morgan fingerprint density at radius 2 is 1.80 bits per heavy atom. The SMILES string of the molecule is Cc1cc(C(=O)Nc2ccc(S(N)(=O)=O)cc2)c(C)o1. The summed E-state index contributed by atoms with van der Waals surface area (Å²) in [5, 5.41) is 7.65. The van der Waals surface area contributed by atoms with E-state index >= 15 is 0 Å². The standard InChI is InChI=1S/C13H14N2O4S/c1-8-7-12(9(2)19-8)13(16)15-10-3-5-11(6-4-10)20(14,17)18/h3-7H,1-2H3,(H,15,16)(H2,14,17,18).